The lowest BCUT2D eigenvalue weighted by Gasteiger charge is -2.24. The summed E-state index contributed by atoms with van der Waals surface area (Å²) in [6.45, 7) is 0. The molecule has 1 saturated heterocycles. The Morgan fingerprint density at radius 3 is 3.23 bits per heavy atom. The predicted octanol–water partition coefficient (Wildman–Crippen LogP) is 2.60. The molecular formula is C12H13N. The van der Waals surface area contributed by atoms with Crippen molar-refractivity contribution in [1.82, 2.24) is 4.90 Å². The smallest absolute Gasteiger partial charge is 0.0523 e. The summed E-state index contributed by atoms with van der Waals surface area (Å²) in [6.07, 6.45) is 18.0. The van der Waals surface area contributed by atoms with Gasteiger partial charge in [0.05, 0.1) is 6.04 Å². The van der Waals surface area contributed by atoms with E-state index < -0.39 is 0 Å². The van der Waals surface area contributed by atoms with Crippen LogP contribution in [0.3, 0.4) is 0 Å². The van der Waals surface area contributed by atoms with Crippen LogP contribution in [0.2, 0.25) is 0 Å². The van der Waals surface area contributed by atoms with Gasteiger partial charge < -0.3 is 4.90 Å². The van der Waals surface area contributed by atoms with E-state index in [1.807, 2.05) is 0 Å². The molecule has 0 radical (unpaired) electrons. The van der Waals surface area contributed by atoms with Crippen LogP contribution in [-0.4, -0.2) is 10.9 Å². The molecule has 0 aromatic rings. The normalized spacial score (nSPS) is 34.5. The van der Waals surface area contributed by atoms with Crippen molar-refractivity contribution in [1.29, 1.82) is 0 Å². The third-order valence-electron chi connectivity index (χ3n) is 3.11. The standard InChI is InChI=1S/C12H13N/c1-2-7-12-10(5-1)9-11-6-3-4-8-13(11)12/h1-4,6-8,10-11H,5,9H2. The van der Waals surface area contributed by atoms with Gasteiger partial charge in [-0.25, -0.2) is 0 Å². The molecule has 2 unspecified atom stereocenters. The number of fused-ring (bicyclic) bond motifs is 3. The van der Waals surface area contributed by atoms with E-state index in [9.17, 15) is 0 Å². The monoisotopic (exact) mass is 171 g/mol. The Labute approximate surface area is 78.7 Å². The van der Waals surface area contributed by atoms with Crippen molar-refractivity contribution in [2.75, 3.05) is 0 Å². The van der Waals surface area contributed by atoms with Gasteiger partial charge in [0.2, 0.25) is 0 Å². The van der Waals surface area contributed by atoms with E-state index in [1.54, 1.807) is 0 Å². The molecule has 0 N–H and O–H groups in total. The molecule has 3 aliphatic rings. The molecule has 3 rings (SSSR count). The second kappa shape index (κ2) is 2.63. The van der Waals surface area contributed by atoms with E-state index >= 15 is 0 Å². The van der Waals surface area contributed by atoms with Gasteiger partial charge in [0, 0.05) is 17.8 Å². The van der Waals surface area contributed by atoms with Crippen molar-refractivity contribution >= 4 is 0 Å². The summed E-state index contributed by atoms with van der Waals surface area (Å²) in [7, 11) is 0. The molecule has 0 aromatic heterocycles. The van der Waals surface area contributed by atoms with Crippen molar-refractivity contribution < 1.29 is 0 Å². The Hall–Kier alpha value is -1.24. The minimum absolute atomic E-state index is 0.626. The fourth-order valence-electron chi connectivity index (χ4n) is 2.48. The third-order valence-corrected chi connectivity index (χ3v) is 3.11. The summed E-state index contributed by atoms with van der Waals surface area (Å²) < 4.78 is 0. The largest absolute Gasteiger partial charge is 0.344 e. The molecule has 66 valence electrons. The number of rotatable bonds is 0. The zero-order valence-corrected chi connectivity index (χ0v) is 7.56. The van der Waals surface area contributed by atoms with Gasteiger partial charge in [-0.2, -0.15) is 0 Å². The quantitative estimate of drug-likeness (QED) is 0.541. The number of allylic oxidation sites excluding steroid dienone is 6. The second-order valence-corrected chi connectivity index (χ2v) is 3.89. The minimum Gasteiger partial charge on any atom is -0.344 e. The molecular weight excluding hydrogens is 158 g/mol. The van der Waals surface area contributed by atoms with Crippen molar-refractivity contribution in [2.24, 2.45) is 5.92 Å². The van der Waals surface area contributed by atoms with Gasteiger partial charge in [0.15, 0.2) is 0 Å². The van der Waals surface area contributed by atoms with E-state index in [-0.39, 0.29) is 0 Å². The lowest BCUT2D eigenvalue weighted by atomic mass is 9.95. The van der Waals surface area contributed by atoms with Crippen LogP contribution in [0.5, 0.6) is 0 Å². The molecule has 0 bridgehead atoms. The average Bonchev–Trinajstić information content (AvgIpc) is 2.56. The van der Waals surface area contributed by atoms with Crippen LogP contribution in [0.4, 0.5) is 0 Å². The molecule has 0 saturated carbocycles. The number of hydrogen-bond acceptors (Lipinski definition) is 1. The average molecular weight is 171 g/mol. The Bertz CT molecular complexity index is 333. The van der Waals surface area contributed by atoms with E-state index in [0.717, 1.165) is 5.92 Å². The fraction of sp³-hybridized carbons (Fsp3) is 0.333. The second-order valence-electron chi connectivity index (χ2n) is 3.89. The van der Waals surface area contributed by atoms with Gasteiger partial charge in [0.1, 0.15) is 0 Å². The summed E-state index contributed by atoms with van der Waals surface area (Å²) in [6, 6.07) is 0.626. The first-order valence-corrected chi connectivity index (χ1v) is 4.95. The van der Waals surface area contributed by atoms with E-state index in [0.29, 0.717) is 6.04 Å². The van der Waals surface area contributed by atoms with Crippen molar-refractivity contribution in [2.45, 2.75) is 18.9 Å². The molecule has 0 aromatic carbocycles. The van der Waals surface area contributed by atoms with Crippen LogP contribution in [0.25, 0.3) is 0 Å². The molecule has 2 atom stereocenters. The molecule has 1 nitrogen and oxygen atoms in total. The van der Waals surface area contributed by atoms with Crippen LogP contribution >= 0.6 is 0 Å². The van der Waals surface area contributed by atoms with E-state index in [2.05, 4.69) is 47.6 Å². The summed E-state index contributed by atoms with van der Waals surface area (Å²) in [5.74, 6) is 0.766. The van der Waals surface area contributed by atoms with Crippen LogP contribution in [-0.2, 0) is 0 Å². The first-order chi connectivity index (χ1) is 6.45. The molecule has 1 heteroatoms. The Morgan fingerprint density at radius 1 is 1.23 bits per heavy atom. The maximum Gasteiger partial charge on any atom is 0.0523 e. The van der Waals surface area contributed by atoms with Crippen LogP contribution in [0, 0.1) is 5.92 Å². The van der Waals surface area contributed by atoms with Gasteiger partial charge in [-0.3, -0.25) is 0 Å². The highest BCUT2D eigenvalue weighted by molar-refractivity contribution is 5.31. The van der Waals surface area contributed by atoms with Crippen molar-refractivity contribution in [3.8, 4) is 0 Å². The highest BCUT2D eigenvalue weighted by Gasteiger charge is 2.33. The Kier molecular flexibility index (Phi) is 1.45. The first-order valence-electron chi connectivity index (χ1n) is 4.95. The summed E-state index contributed by atoms with van der Waals surface area (Å²) in [4.78, 5) is 2.41. The molecule has 2 aliphatic heterocycles. The molecule has 13 heavy (non-hydrogen) atoms. The fourth-order valence-corrected chi connectivity index (χ4v) is 2.48. The maximum absolute atomic E-state index is 2.41. The highest BCUT2D eigenvalue weighted by Crippen LogP contribution is 2.39. The topological polar surface area (TPSA) is 3.24 Å². The van der Waals surface area contributed by atoms with Crippen LogP contribution < -0.4 is 0 Å². The van der Waals surface area contributed by atoms with Gasteiger partial charge in [-0.05, 0) is 25.0 Å². The van der Waals surface area contributed by atoms with Crippen molar-refractivity contribution in [3.63, 3.8) is 0 Å². The summed E-state index contributed by atoms with van der Waals surface area (Å²) in [5, 5.41) is 0. The molecule has 0 spiro atoms. The van der Waals surface area contributed by atoms with E-state index in [1.165, 1.54) is 18.5 Å². The van der Waals surface area contributed by atoms with Gasteiger partial charge in [-0.15, -0.1) is 0 Å². The van der Waals surface area contributed by atoms with Crippen LogP contribution in [0.15, 0.2) is 48.4 Å². The number of hydrogen-bond donors (Lipinski definition) is 0. The SMILES string of the molecule is C1=CCC2CC3C=CC=CN3C2=C1. The zero-order chi connectivity index (χ0) is 8.67. The summed E-state index contributed by atoms with van der Waals surface area (Å²) >= 11 is 0. The molecule has 2 heterocycles. The molecule has 1 fully saturated rings. The maximum atomic E-state index is 2.41. The summed E-state index contributed by atoms with van der Waals surface area (Å²) in [5.41, 5.74) is 1.51. The first kappa shape index (κ1) is 7.19. The van der Waals surface area contributed by atoms with E-state index in [4.69, 9.17) is 0 Å². The lowest BCUT2D eigenvalue weighted by Crippen LogP contribution is -2.22. The van der Waals surface area contributed by atoms with Crippen molar-refractivity contribution in [3.05, 3.63) is 48.4 Å². The third kappa shape index (κ3) is 0.998. The number of nitrogens with zero attached hydrogens (tertiary/aromatic N) is 1. The molecule has 1 aliphatic carbocycles. The van der Waals surface area contributed by atoms with Gasteiger partial charge in [0.25, 0.3) is 0 Å². The van der Waals surface area contributed by atoms with Gasteiger partial charge in [-0.1, -0.05) is 24.3 Å². The Balaban J connectivity index is 1.99. The predicted molar refractivity (Wildman–Crippen MR) is 53.9 cm³/mol. The zero-order valence-electron chi connectivity index (χ0n) is 7.56. The lowest BCUT2D eigenvalue weighted by molar-refractivity contribution is 0.447. The highest BCUT2D eigenvalue weighted by atomic mass is 15.2. The van der Waals surface area contributed by atoms with Crippen LogP contribution in [0.1, 0.15) is 12.8 Å². The Morgan fingerprint density at radius 2 is 2.23 bits per heavy atom. The minimum atomic E-state index is 0.626. The molecule has 0 amide bonds. The van der Waals surface area contributed by atoms with Gasteiger partial charge >= 0.3 is 0 Å².